The number of nitrogens with zero attached hydrogens (tertiary/aromatic N) is 1. The van der Waals surface area contributed by atoms with Crippen LogP contribution in [-0.2, 0) is 0 Å². The van der Waals surface area contributed by atoms with Crippen molar-refractivity contribution < 1.29 is 9.90 Å². The van der Waals surface area contributed by atoms with Crippen LogP contribution in [0.2, 0.25) is 19.6 Å². The van der Waals surface area contributed by atoms with Crippen molar-refractivity contribution in [1.29, 1.82) is 0 Å². The van der Waals surface area contributed by atoms with Crippen LogP contribution in [0.15, 0.2) is 30.3 Å². The Morgan fingerprint density at radius 2 is 1.63 bits per heavy atom. The molecule has 19 heavy (non-hydrogen) atoms. The van der Waals surface area contributed by atoms with Crippen LogP contribution in [0.3, 0.4) is 0 Å². The molecule has 0 heterocycles. The zero-order valence-electron chi connectivity index (χ0n) is 12.4. The molecule has 0 spiro atoms. The molecule has 0 unspecified atom stereocenters. The number of benzene rings is 1. The molecule has 0 bridgehead atoms. The lowest BCUT2D eigenvalue weighted by atomic mass is 10.1. The third-order valence-electron chi connectivity index (χ3n) is 2.95. The van der Waals surface area contributed by atoms with Crippen molar-refractivity contribution >= 4 is 19.2 Å². The number of carbonyl (C=O) groups is 1. The fourth-order valence-corrected chi connectivity index (χ4v) is 3.74. The second-order valence-electron chi connectivity index (χ2n) is 5.83. The number of rotatable bonds is 4. The predicted molar refractivity (Wildman–Crippen MR) is 82.9 cm³/mol. The molecule has 0 radical (unpaired) electrons. The maximum absolute atomic E-state index is 11.8. The molecule has 4 heteroatoms. The van der Waals surface area contributed by atoms with E-state index in [0.717, 1.165) is 5.56 Å². The van der Waals surface area contributed by atoms with Crippen LogP contribution in [0.4, 0.5) is 0 Å². The van der Waals surface area contributed by atoms with Crippen molar-refractivity contribution in [2.45, 2.75) is 19.6 Å². The Morgan fingerprint density at radius 3 is 2.00 bits per heavy atom. The minimum atomic E-state index is -1.51. The van der Waals surface area contributed by atoms with Gasteiger partial charge in [-0.15, -0.1) is 0 Å². The number of aliphatic hydroxyl groups excluding tert-OH is 1. The molecule has 1 aromatic carbocycles. The van der Waals surface area contributed by atoms with Crippen molar-refractivity contribution in [2.24, 2.45) is 0 Å². The minimum absolute atomic E-state index is 0.00670. The summed E-state index contributed by atoms with van der Waals surface area (Å²) in [6.45, 7) is 6.78. The topological polar surface area (TPSA) is 40.5 Å². The normalized spacial score (nSPS) is 12.4. The first-order valence-electron chi connectivity index (χ1n) is 6.41. The number of aliphatic hydroxyl groups is 1. The first-order chi connectivity index (χ1) is 8.77. The Morgan fingerprint density at radius 1 is 1.16 bits per heavy atom. The molecule has 0 saturated heterocycles. The lowest BCUT2D eigenvalue weighted by Crippen LogP contribution is -2.24. The highest BCUT2D eigenvalue weighted by Crippen LogP contribution is 2.26. The molecule has 0 aliphatic rings. The van der Waals surface area contributed by atoms with Crippen molar-refractivity contribution in [1.82, 2.24) is 4.90 Å². The van der Waals surface area contributed by atoms with E-state index in [4.69, 9.17) is 5.11 Å². The third-order valence-corrected chi connectivity index (χ3v) is 5.06. The Bertz CT molecular complexity index is 470. The molecule has 0 atom stereocenters. The molecular formula is C15H23NO2Si. The molecule has 1 N–H and O–H groups in total. The summed E-state index contributed by atoms with van der Waals surface area (Å²) >= 11 is 0. The molecule has 0 saturated carbocycles. The number of hydrogen-bond donors (Lipinski definition) is 1. The maximum Gasteiger partial charge on any atom is 0.253 e. The number of carbonyl (C=O) groups excluding carboxylic acids is 1. The molecule has 0 aromatic heterocycles. The van der Waals surface area contributed by atoms with Gasteiger partial charge in [-0.1, -0.05) is 43.0 Å². The highest BCUT2D eigenvalue weighted by Gasteiger charge is 2.21. The first-order valence-corrected chi connectivity index (χ1v) is 9.91. The van der Waals surface area contributed by atoms with Gasteiger partial charge in [-0.3, -0.25) is 4.79 Å². The lowest BCUT2D eigenvalue weighted by molar-refractivity contribution is 0.0827. The van der Waals surface area contributed by atoms with Gasteiger partial charge in [0.2, 0.25) is 0 Å². The summed E-state index contributed by atoms with van der Waals surface area (Å²) in [5, 5.41) is 10.4. The van der Waals surface area contributed by atoms with Crippen LogP contribution in [0.25, 0.3) is 5.20 Å². The van der Waals surface area contributed by atoms with Crippen molar-refractivity contribution in [3.05, 3.63) is 41.5 Å². The fourth-order valence-electron chi connectivity index (χ4n) is 2.00. The lowest BCUT2D eigenvalue weighted by Gasteiger charge is -2.21. The van der Waals surface area contributed by atoms with Gasteiger partial charge in [0.1, 0.15) is 0 Å². The van der Waals surface area contributed by atoms with Crippen LogP contribution < -0.4 is 0 Å². The predicted octanol–water partition coefficient (Wildman–Crippen LogP) is 2.64. The summed E-state index contributed by atoms with van der Waals surface area (Å²) in [4.78, 5) is 13.4. The van der Waals surface area contributed by atoms with Gasteiger partial charge in [-0.2, -0.15) is 0 Å². The zero-order valence-corrected chi connectivity index (χ0v) is 13.4. The molecule has 1 rings (SSSR count). The van der Waals surface area contributed by atoms with Crippen LogP contribution in [0.5, 0.6) is 0 Å². The SMILES string of the molecule is CN(C)C(=O)c1ccc(/C(=C\CO)[Si](C)(C)C)cc1. The summed E-state index contributed by atoms with van der Waals surface area (Å²) in [7, 11) is 1.98. The molecule has 1 aromatic rings. The molecule has 3 nitrogen and oxygen atoms in total. The second kappa shape index (κ2) is 6.17. The van der Waals surface area contributed by atoms with Gasteiger partial charge in [0.25, 0.3) is 5.91 Å². The average molecular weight is 277 g/mol. The highest BCUT2D eigenvalue weighted by molar-refractivity contribution is 6.93. The average Bonchev–Trinajstić information content (AvgIpc) is 2.34. The Hall–Kier alpha value is -1.39. The Labute approximate surface area is 116 Å². The molecule has 0 aliphatic carbocycles. The van der Waals surface area contributed by atoms with Crippen molar-refractivity contribution in [3.8, 4) is 0 Å². The molecular weight excluding hydrogens is 254 g/mol. The van der Waals surface area contributed by atoms with Crippen LogP contribution >= 0.6 is 0 Å². The highest BCUT2D eigenvalue weighted by atomic mass is 28.3. The van der Waals surface area contributed by atoms with Gasteiger partial charge >= 0.3 is 0 Å². The van der Waals surface area contributed by atoms with Gasteiger partial charge in [0, 0.05) is 19.7 Å². The smallest absolute Gasteiger partial charge is 0.253 e. The van der Waals surface area contributed by atoms with E-state index in [1.807, 2.05) is 30.3 Å². The van der Waals surface area contributed by atoms with Gasteiger partial charge in [0.05, 0.1) is 14.7 Å². The summed E-state index contributed by atoms with van der Waals surface area (Å²) in [5.41, 5.74) is 1.79. The van der Waals surface area contributed by atoms with Crippen molar-refractivity contribution in [3.63, 3.8) is 0 Å². The minimum Gasteiger partial charge on any atom is -0.392 e. The van der Waals surface area contributed by atoms with Crippen LogP contribution in [0.1, 0.15) is 15.9 Å². The quantitative estimate of drug-likeness (QED) is 0.860. The largest absolute Gasteiger partial charge is 0.392 e. The zero-order chi connectivity index (χ0) is 14.6. The first kappa shape index (κ1) is 15.7. The third kappa shape index (κ3) is 4.04. The second-order valence-corrected chi connectivity index (χ2v) is 10.9. The Balaban J connectivity index is 3.10. The number of amides is 1. The van der Waals surface area contributed by atoms with Crippen LogP contribution in [-0.4, -0.2) is 44.7 Å². The molecule has 104 valence electrons. The van der Waals surface area contributed by atoms with Gasteiger partial charge in [-0.25, -0.2) is 0 Å². The molecule has 1 amide bonds. The van der Waals surface area contributed by atoms with E-state index in [-0.39, 0.29) is 12.5 Å². The van der Waals surface area contributed by atoms with Gasteiger partial charge in [0.15, 0.2) is 0 Å². The van der Waals surface area contributed by atoms with Gasteiger partial charge in [-0.05, 0) is 17.7 Å². The van der Waals surface area contributed by atoms with Gasteiger partial charge < -0.3 is 10.0 Å². The maximum atomic E-state index is 11.8. The van der Waals surface area contributed by atoms with Crippen molar-refractivity contribution in [2.75, 3.05) is 20.7 Å². The standard InChI is InChI=1S/C15H23NO2Si/c1-16(2)15(18)13-8-6-12(7-9-13)14(10-11-17)19(3,4)5/h6-10,17H,11H2,1-5H3/b14-10+. The van der Waals surface area contributed by atoms with E-state index >= 15 is 0 Å². The van der Waals surface area contributed by atoms with E-state index in [1.54, 1.807) is 19.0 Å². The van der Waals surface area contributed by atoms with E-state index in [2.05, 4.69) is 19.6 Å². The summed E-state index contributed by atoms with van der Waals surface area (Å²) in [6.07, 6.45) is 1.88. The Kier molecular flexibility index (Phi) is 5.09. The van der Waals surface area contributed by atoms with E-state index in [1.165, 1.54) is 5.20 Å². The van der Waals surface area contributed by atoms with E-state index < -0.39 is 8.07 Å². The molecule has 0 aliphatic heterocycles. The van der Waals surface area contributed by atoms with E-state index in [0.29, 0.717) is 5.56 Å². The molecule has 0 fully saturated rings. The number of hydrogen-bond acceptors (Lipinski definition) is 2. The summed E-state index contributed by atoms with van der Waals surface area (Å²) in [5.74, 6) is 0.00670. The monoisotopic (exact) mass is 277 g/mol. The van der Waals surface area contributed by atoms with Crippen LogP contribution in [0, 0.1) is 0 Å². The summed E-state index contributed by atoms with van der Waals surface area (Å²) in [6, 6.07) is 7.64. The van der Waals surface area contributed by atoms with E-state index in [9.17, 15) is 4.79 Å². The fraction of sp³-hybridized carbons (Fsp3) is 0.400. The summed E-state index contributed by atoms with van der Waals surface area (Å²) < 4.78 is 0.